The smallest absolute Gasteiger partial charge is 0.336 e. The van der Waals surface area contributed by atoms with Crippen LogP contribution in [0.25, 0.3) is 0 Å². The number of hydrogen-bond acceptors (Lipinski definition) is 3. The Labute approximate surface area is 127 Å². The molecular weight excluding hydrogens is 346 g/mol. The molecule has 0 radical (unpaired) electrons. The van der Waals surface area contributed by atoms with E-state index >= 15 is 0 Å². The SMILES string of the molecule is CCN(CC(C)C)S(=O)(=O)c1ccc(Br)c(C(=O)O)c1. The van der Waals surface area contributed by atoms with Gasteiger partial charge in [-0.25, -0.2) is 13.2 Å². The van der Waals surface area contributed by atoms with Crippen molar-refractivity contribution in [3.63, 3.8) is 0 Å². The molecule has 0 aromatic heterocycles. The van der Waals surface area contributed by atoms with Gasteiger partial charge in [0, 0.05) is 17.6 Å². The number of carboxylic acid groups (broad SMARTS) is 1. The molecule has 1 N–H and O–H groups in total. The van der Waals surface area contributed by atoms with Crippen molar-refractivity contribution < 1.29 is 18.3 Å². The van der Waals surface area contributed by atoms with Gasteiger partial charge in [-0.1, -0.05) is 20.8 Å². The molecule has 0 aliphatic heterocycles. The topological polar surface area (TPSA) is 74.7 Å². The van der Waals surface area contributed by atoms with Crippen LogP contribution >= 0.6 is 15.9 Å². The average molecular weight is 364 g/mol. The van der Waals surface area contributed by atoms with Gasteiger partial charge in [-0.15, -0.1) is 0 Å². The van der Waals surface area contributed by atoms with Gasteiger partial charge in [-0.2, -0.15) is 4.31 Å². The molecule has 0 heterocycles. The summed E-state index contributed by atoms with van der Waals surface area (Å²) >= 11 is 3.10. The normalized spacial score (nSPS) is 12.1. The van der Waals surface area contributed by atoms with E-state index in [1.807, 2.05) is 13.8 Å². The number of carboxylic acids is 1. The van der Waals surface area contributed by atoms with Gasteiger partial charge in [-0.3, -0.25) is 0 Å². The van der Waals surface area contributed by atoms with Crippen LogP contribution in [0.1, 0.15) is 31.1 Å². The van der Waals surface area contributed by atoms with Crippen LogP contribution in [0.3, 0.4) is 0 Å². The van der Waals surface area contributed by atoms with Crippen molar-refractivity contribution in [2.24, 2.45) is 5.92 Å². The first kappa shape index (κ1) is 17.1. The predicted molar refractivity (Wildman–Crippen MR) is 80.4 cm³/mol. The second kappa shape index (κ2) is 6.69. The van der Waals surface area contributed by atoms with Crippen LogP contribution < -0.4 is 0 Å². The Morgan fingerprint density at radius 1 is 1.40 bits per heavy atom. The Hall–Kier alpha value is -0.920. The number of nitrogens with zero attached hydrogens (tertiary/aromatic N) is 1. The van der Waals surface area contributed by atoms with Gasteiger partial charge in [0.05, 0.1) is 10.5 Å². The number of benzene rings is 1. The predicted octanol–water partition coefficient (Wildman–Crippen LogP) is 2.81. The van der Waals surface area contributed by atoms with Crippen molar-refractivity contribution in [3.8, 4) is 0 Å². The molecule has 0 atom stereocenters. The molecule has 1 rings (SSSR count). The van der Waals surface area contributed by atoms with Crippen molar-refractivity contribution in [2.45, 2.75) is 25.7 Å². The number of sulfonamides is 1. The third-order valence-corrected chi connectivity index (χ3v) is 5.36. The minimum atomic E-state index is -3.67. The molecule has 1 aromatic carbocycles. The number of halogens is 1. The standard InChI is InChI=1S/C13H18BrNO4S/c1-4-15(8-9(2)3)20(18,19)10-5-6-12(14)11(7-10)13(16)17/h5-7,9H,4,8H2,1-3H3,(H,16,17). The number of hydrogen-bond donors (Lipinski definition) is 1. The molecule has 0 aliphatic rings. The molecule has 112 valence electrons. The quantitative estimate of drug-likeness (QED) is 0.842. The molecule has 0 spiro atoms. The third-order valence-electron chi connectivity index (χ3n) is 2.73. The lowest BCUT2D eigenvalue weighted by Gasteiger charge is -2.22. The molecule has 0 aliphatic carbocycles. The molecule has 0 fully saturated rings. The van der Waals surface area contributed by atoms with E-state index < -0.39 is 16.0 Å². The summed E-state index contributed by atoms with van der Waals surface area (Å²) in [7, 11) is -3.67. The summed E-state index contributed by atoms with van der Waals surface area (Å²) < 4.78 is 26.7. The maximum Gasteiger partial charge on any atom is 0.336 e. The first-order valence-corrected chi connectivity index (χ1v) is 8.46. The summed E-state index contributed by atoms with van der Waals surface area (Å²) in [5.41, 5.74) is -0.0633. The zero-order valence-electron chi connectivity index (χ0n) is 11.6. The highest BCUT2D eigenvalue weighted by Crippen LogP contribution is 2.23. The molecular formula is C13H18BrNO4S. The van der Waals surface area contributed by atoms with E-state index in [1.54, 1.807) is 6.92 Å². The van der Waals surface area contributed by atoms with E-state index in [1.165, 1.54) is 22.5 Å². The minimum Gasteiger partial charge on any atom is -0.478 e. The molecule has 0 saturated carbocycles. The van der Waals surface area contributed by atoms with Crippen LogP contribution in [0.4, 0.5) is 0 Å². The van der Waals surface area contributed by atoms with Crippen molar-refractivity contribution in [3.05, 3.63) is 28.2 Å². The summed E-state index contributed by atoms with van der Waals surface area (Å²) in [6, 6.07) is 4.04. The summed E-state index contributed by atoms with van der Waals surface area (Å²) in [5.74, 6) is -0.972. The van der Waals surface area contributed by atoms with Gasteiger partial charge >= 0.3 is 5.97 Å². The van der Waals surface area contributed by atoms with Crippen molar-refractivity contribution >= 4 is 31.9 Å². The van der Waals surface area contributed by atoms with Crippen molar-refractivity contribution in [1.29, 1.82) is 0 Å². The maximum absolute atomic E-state index is 12.5. The molecule has 0 amide bonds. The van der Waals surface area contributed by atoms with Crippen molar-refractivity contribution in [2.75, 3.05) is 13.1 Å². The summed E-state index contributed by atoms with van der Waals surface area (Å²) in [6.07, 6.45) is 0. The van der Waals surface area contributed by atoms with Crippen LogP contribution in [0.15, 0.2) is 27.6 Å². The van der Waals surface area contributed by atoms with Gasteiger partial charge in [-0.05, 0) is 40.0 Å². The summed E-state index contributed by atoms with van der Waals surface area (Å²) in [6.45, 7) is 6.37. The van der Waals surface area contributed by atoms with E-state index in [2.05, 4.69) is 15.9 Å². The highest BCUT2D eigenvalue weighted by atomic mass is 79.9. The fraction of sp³-hybridized carbons (Fsp3) is 0.462. The zero-order valence-corrected chi connectivity index (χ0v) is 14.0. The molecule has 0 saturated heterocycles. The monoisotopic (exact) mass is 363 g/mol. The van der Waals surface area contributed by atoms with Crippen LogP contribution in [0, 0.1) is 5.92 Å². The lowest BCUT2D eigenvalue weighted by atomic mass is 10.2. The van der Waals surface area contributed by atoms with Gasteiger partial charge in [0.2, 0.25) is 10.0 Å². The van der Waals surface area contributed by atoms with Gasteiger partial charge in [0.15, 0.2) is 0 Å². The number of aromatic carboxylic acids is 1. The second-order valence-electron chi connectivity index (χ2n) is 4.80. The lowest BCUT2D eigenvalue weighted by molar-refractivity contribution is 0.0695. The first-order chi connectivity index (χ1) is 9.20. The Kier molecular flexibility index (Phi) is 5.73. The second-order valence-corrected chi connectivity index (χ2v) is 7.59. The molecule has 5 nitrogen and oxygen atoms in total. The maximum atomic E-state index is 12.5. The van der Waals surface area contributed by atoms with Crippen LogP contribution in [-0.4, -0.2) is 36.9 Å². The number of carbonyl (C=O) groups is 1. The largest absolute Gasteiger partial charge is 0.478 e. The van der Waals surface area contributed by atoms with Gasteiger partial charge in [0.1, 0.15) is 0 Å². The third kappa shape index (κ3) is 3.80. The Bertz CT molecular complexity index is 598. The van der Waals surface area contributed by atoms with E-state index in [-0.39, 0.29) is 16.4 Å². The molecule has 20 heavy (non-hydrogen) atoms. The van der Waals surface area contributed by atoms with E-state index in [4.69, 9.17) is 5.11 Å². The molecule has 0 bridgehead atoms. The van der Waals surface area contributed by atoms with Gasteiger partial charge in [0.25, 0.3) is 0 Å². The number of rotatable bonds is 6. The molecule has 7 heteroatoms. The lowest BCUT2D eigenvalue weighted by Crippen LogP contribution is -2.34. The Balaban J connectivity index is 3.27. The van der Waals surface area contributed by atoms with E-state index in [0.717, 1.165) is 0 Å². The Morgan fingerprint density at radius 2 is 2.00 bits per heavy atom. The fourth-order valence-electron chi connectivity index (χ4n) is 1.78. The first-order valence-electron chi connectivity index (χ1n) is 6.23. The van der Waals surface area contributed by atoms with E-state index in [0.29, 0.717) is 17.6 Å². The highest BCUT2D eigenvalue weighted by Gasteiger charge is 2.25. The van der Waals surface area contributed by atoms with E-state index in [9.17, 15) is 13.2 Å². The summed E-state index contributed by atoms with van der Waals surface area (Å²) in [5, 5.41) is 9.06. The van der Waals surface area contributed by atoms with Crippen LogP contribution in [0.2, 0.25) is 0 Å². The summed E-state index contributed by atoms with van der Waals surface area (Å²) in [4.78, 5) is 11.1. The van der Waals surface area contributed by atoms with Crippen molar-refractivity contribution in [1.82, 2.24) is 4.31 Å². The average Bonchev–Trinajstić information content (AvgIpc) is 2.35. The molecule has 1 aromatic rings. The zero-order chi connectivity index (χ0) is 15.5. The van der Waals surface area contributed by atoms with Crippen LogP contribution in [0.5, 0.6) is 0 Å². The highest BCUT2D eigenvalue weighted by molar-refractivity contribution is 9.10. The Morgan fingerprint density at radius 3 is 2.45 bits per heavy atom. The van der Waals surface area contributed by atoms with Gasteiger partial charge < -0.3 is 5.11 Å². The fourth-order valence-corrected chi connectivity index (χ4v) is 3.84. The molecule has 0 unspecified atom stereocenters. The minimum absolute atomic E-state index is 0.000556. The van der Waals surface area contributed by atoms with Crippen LogP contribution in [-0.2, 0) is 10.0 Å².